The molecule has 1 aromatic carbocycles. The molecule has 6 heteroatoms. The molecule has 1 aromatic rings. The molecule has 0 spiro atoms. The first-order chi connectivity index (χ1) is 8.75. The van der Waals surface area contributed by atoms with Gasteiger partial charge in [0.25, 0.3) is 0 Å². The van der Waals surface area contributed by atoms with Crippen LogP contribution in [0.4, 0.5) is 9.59 Å². The number of carbonyl (C=O) groups excluding carboxylic acids is 2. The fraction of sp³-hybridized carbons (Fsp3) is 0.167. The minimum Gasteiger partial charge on any atom is -0.448 e. The molecule has 0 bridgehead atoms. The van der Waals surface area contributed by atoms with Crippen LogP contribution in [0, 0.1) is 0 Å². The van der Waals surface area contributed by atoms with E-state index >= 15 is 0 Å². The van der Waals surface area contributed by atoms with E-state index in [1.54, 1.807) is 18.3 Å². The van der Waals surface area contributed by atoms with E-state index in [4.69, 9.17) is 4.74 Å². The lowest BCUT2D eigenvalue weighted by atomic mass is 10.2. The lowest BCUT2D eigenvalue weighted by Crippen LogP contribution is -2.19. The molecule has 3 rings (SSSR count). The van der Waals surface area contributed by atoms with E-state index in [1.807, 2.05) is 18.2 Å². The first-order valence-electron chi connectivity index (χ1n) is 5.40. The number of fused-ring (bicyclic) bond motifs is 1. The minimum absolute atomic E-state index is 0.296. The van der Waals surface area contributed by atoms with E-state index in [0.717, 1.165) is 5.56 Å². The zero-order valence-electron chi connectivity index (χ0n) is 9.51. The lowest BCUT2D eigenvalue weighted by molar-refractivity contribution is 0.178. The van der Waals surface area contributed by atoms with Gasteiger partial charge in [-0.2, -0.15) is 0 Å². The Bertz CT molecular complexity index is 477. The molecule has 6 nitrogen and oxygen atoms in total. The summed E-state index contributed by atoms with van der Waals surface area (Å²) in [6.45, 7) is 1.19. The van der Waals surface area contributed by atoms with E-state index in [-0.39, 0.29) is 6.09 Å². The molecule has 2 aliphatic rings. The maximum absolute atomic E-state index is 10.9. The Labute approximate surface area is 104 Å². The topological polar surface area (TPSA) is 76.7 Å². The monoisotopic (exact) mass is 248 g/mol. The van der Waals surface area contributed by atoms with Gasteiger partial charge >= 0.3 is 12.2 Å². The van der Waals surface area contributed by atoms with Crippen molar-refractivity contribution in [1.82, 2.24) is 10.6 Å². The van der Waals surface area contributed by atoms with Gasteiger partial charge in [-0.1, -0.05) is 18.2 Å². The number of alkyl carbamates (subject to hydrolysis) is 1. The quantitative estimate of drug-likeness (QED) is 0.729. The van der Waals surface area contributed by atoms with Crippen molar-refractivity contribution < 1.29 is 19.1 Å². The first kappa shape index (κ1) is 12.0. The fourth-order valence-corrected chi connectivity index (χ4v) is 1.39. The first-order valence-corrected chi connectivity index (χ1v) is 5.40. The molecule has 0 aliphatic carbocycles. The summed E-state index contributed by atoms with van der Waals surface area (Å²) in [5.41, 5.74) is 0.899. The maximum atomic E-state index is 10.9. The van der Waals surface area contributed by atoms with Crippen LogP contribution in [-0.4, -0.2) is 25.3 Å². The molecule has 1 saturated heterocycles. The largest absolute Gasteiger partial charge is 0.448 e. The highest BCUT2D eigenvalue weighted by Gasteiger charge is 2.08. The van der Waals surface area contributed by atoms with Crippen LogP contribution in [0.3, 0.4) is 0 Å². The average molecular weight is 248 g/mol. The van der Waals surface area contributed by atoms with Crippen LogP contribution in [0.15, 0.2) is 30.5 Å². The summed E-state index contributed by atoms with van der Waals surface area (Å²) in [4.78, 5) is 20.8. The SMILES string of the molecule is O=C1NC=Cc2ccccc2O1.O=C1NCCO1. The van der Waals surface area contributed by atoms with Crippen molar-refractivity contribution in [1.29, 1.82) is 0 Å². The van der Waals surface area contributed by atoms with Crippen LogP contribution in [0.1, 0.15) is 5.56 Å². The van der Waals surface area contributed by atoms with E-state index in [0.29, 0.717) is 18.9 Å². The molecule has 2 aliphatic heterocycles. The van der Waals surface area contributed by atoms with Gasteiger partial charge in [0.2, 0.25) is 0 Å². The maximum Gasteiger partial charge on any atom is 0.416 e. The van der Waals surface area contributed by atoms with Crippen molar-refractivity contribution in [3.8, 4) is 5.75 Å². The average Bonchev–Trinajstić information content (AvgIpc) is 2.75. The molecule has 0 aromatic heterocycles. The molecular formula is C12H12N2O4. The van der Waals surface area contributed by atoms with Crippen LogP contribution in [0.2, 0.25) is 0 Å². The second kappa shape index (κ2) is 5.72. The van der Waals surface area contributed by atoms with Crippen molar-refractivity contribution in [2.75, 3.05) is 13.2 Å². The number of ether oxygens (including phenoxy) is 2. The second-order valence-corrected chi connectivity index (χ2v) is 3.47. The van der Waals surface area contributed by atoms with Crippen LogP contribution in [0.25, 0.3) is 6.08 Å². The Hall–Kier alpha value is -2.50. The number of hydrogen-bond donors (Lipinski definition) is 2. The molecule has 0 unspecified atom stereocenters. The Morgan fingerprint density at radius 3 is 2.61 bits per heavy atom. The summed E-state index contributed by atoms with van der Waals surface area (Å²) >= 11 is 0. The molecule has 2 amide bonds. The molecule has 0 atom stereocenters. The third kappa shape index (κ3) is 3.24. The number of rotatable bonds is 0. The van der Waals surface area contributed by atoms with E-state index in [2.05, 4.69) is 15.4 Å². The number of benzene rings is 1. The summed E-state index contributed by atoms with van der Waals surface area (Å²) in [5.74, 6) is 0.587. The van der Waals surface area contributed by atoms with Gasteiger partial charge in [-0.15, -0.1) is 0 Å². The second-order valence-electron chi connectivity index (χ2n) is 3.47. The number of nitrogens with one attached hydrogen (secondary N) is 2. The molecule has 2 N–H and O–H groups in total. The van der Waals surface area contributed by atoms with Gasteiger partial charge in [0.15, 0.2) is 0 Å². The number of hydrogen-bond acceptors (Lipinski definition) is 4. The molecule has 0 saturated carbocycles. The van der Waals surface area contributed by atoms with Gasteiger partial charge in [0, 0.05) is 11.8 Å². The van der Waals surface area contributed by atoms with Gasteiger partial charge in [-0.05, 0) is 12.1 Å². The van der Waals surface area contributed by atoms with Crippen molar-refractivity contribution in [3.05, 3.63) is 36.0 Å². The number of para-hydroxylation sites is 1. The summed E-state index contributed by atoms with van der Waals surface area (Å²) in [5, 5.41) is 4.91. The molecule has 2 heterocycles. The summed E-state index contributed by atoms with van der Waals surface area (Å²) in [6.07, 6.45) is 2.61. The van der Waals surface area contributed by atoms with Crippen LogP contribution in [-0.2, 0) is 4.74 Å². The number of carbonyl (C=O) groups is 2. The number of cyclic esters (lactones) is 1. The lowest BCUT2D eigenvalue weighted by Gasteiger charge is -2.01. The van der Waals surface area contributed by atoms with Gasteiger partial charge in [0.05, 0.1) is 6.54 Å². The number of amides is 2. The van der Waals surface area contributed by atoms with E-state index in [1.165, 1.54) is 0 Å². The summed E-state index contributed by atoms with van der Waals surface area (Å²) in [7, 11) is 0. The van der Waals surface area contributed by atoms with Crippen LogP contribution >= 0.6 is 0 Å². The molecule has 94 valence electrons. The highest BCUT2D eigenvalue weighted by molar-refractivity contribution is 5.76. The van der Waals surface area contributed by atoms with Crippen molar-refractivity contribution >= 4 is 18.3 Å². The van der Waals surface area contributed by atoms with Crippen LogP contribution < -0.4 is 15.4 Å². The molecule has 1 fully saturated rings. The highest BCUT2D eigenvalue weighted by atomic mass is 16.6. The van der Waals surface area contributed by atoms with Crippen LogP contribution in [0.5, 0.6) is 5.75 Å². The Balaban J connectivity index is 0.000000169. The third-order valence-electron chi connectivity index (χ3n) is 2.19. The third-order valence-corrected chi connectivity index (χ3v) is 2.19. The van der Waals surface area contributed by atoms with Crippen molar-refractivity contribution in [2.45, 2.75) is 0 Å². The molecule has 18 heavy (non-hydrogen) atoms. The van der Waals surface area contributed by atoms with E-state index in [9.17, 15) is 9.59 Å². The van der Waals surface area contributed by atoms with Gasteiger partial charge in [-0.3, -0.25) is 5.32 Å². The fourth-order valence-electron chi connectivity index (χ4n) is 1.39. The van der Waals surface area contributed by atoms with Gasteiger partial charge < -0.3 is 14.8 Å². The predicted molar refractivity (Wildman–Crippen MR) is 64.0 cm³/mol. The normalized spacial score (nSPS) is 16.0. The standard InChI is InChI=1S/C9H7NO2.C3H5NO2/c11-9-10-6-5-7-3-1-2-4-8(7)12-9;5-3-4-1-2-6-3/h1-6H,(H,10,11);1-2H2,(H,4,5). The summed E-state index contributed by atoms with van der Waals surface area (Å²) in [6, 6.07) is 7.35. The minimum atomic E-state index is -0.448. The Morgan fingerprint density at radius 1 is 1.11 bits per heavy atom. The highest BCUT2D eigenvalue weighted by Crippen LogP contribution is 2.20. The predicted octanol–water partition coefficient (Wildman–Crippen LogP) is 1.49. The Morgan fingerprint density at radius 2 is 1.94 bits per heavy atom. The van der Waals surface area contributed by atoms with Gasteiger partial charge in [-0.25, -0.2) is 9.59 Å². The van der Waals surface area contributed by atoms with Crippen molar-refractivity contribution in [2.24, 2.45) is 0 Å². The zero-order chi connectivity index (χ0) is 12.8. The van der Waals surface area contributed by atoms with Crippen molar-refractivity contribution in [3.63, 3.8) is 0 Å². The van der Waals surface area contributed by atoms with E-state index < -0.39 is 6.09 Å². The molecular weight excluding hydrogens is 236 g/mol. The zero-order valence-corrected chi connectivity index (χ0v) is 9.51. The smallest absolute Gasteiger partial charge is 0.416 e. The summed E-state index contributed by atoms with van der Waals surface area (Å²) < 4.78 is 9.35. The Kier molecular flexibility index (Phi) is 3.80. The molecule has 0 radical (unpaired) electrons. The van der Waals surface area contributed by atoms with Gasteiger partial charge in [0.1, 0.15) is 12.4 Å².